The van der Waals surface area contributed by atoms with Crippen LogP contribution in [0.5, 0.6) is 0 Å². The lowest BCUT2D eigenvalue weighted by molar-refractivity contribution is -0.133. The highest BCUT2D eigenvalue weighted by Gasteiger charge is 2.39. The summed E-state index contributed by atoms with van der Waals surface area (Å²) in [6.07, 6.45) is 2.62. The second kappa shape index (κ2) is 10.5. The Labute approximate surface area is 233 Å². The van der Waals surface area contributed by atoms with E-state index in [-0.39, 0.29) is 29.5 Å². The minimum Gasteiger partial charge on any atom is -0.369 e. The molecule has 0 bridgehead atoms. The maximum atomic E-state index is 13.2. The maximum absolute atomic E-state index is 13.2. The zero-order valence-electron chi connectivity index (χ0n) is 23.1. The van der Waals surface area contributed by atoms with E-state index < -0.39 is 6.04 Å². The Balaban J connectivity index is 1.06. The number of Topliss-reactive ketones (excluding diaryl/α,β-unsaturated/α-hetero) is 2. The minimum atomic E-state index is -0.482. The van der Waals surface area contributed by atoms with E-state index in [2.05, 4.69) is 40.1 Å². The van der Waals surface area contributed by atoms with Crippen LogP contribution in [0.2, 0.25) is 0 Å². The summed E-state index contributed by atoms with van der Waals surface area (Å²) in [4.78, 5) is 55.7. The summed E-state index contributed by atoms with van der Waals surface area (Å²) in [6, 6.07) is 16.1. The monoisotopic (exact) mass is 538 g/mol. The van der Waals surface area contributed by atoms with Crippen molar-refractivity contribution in [3.05, 3.63) is 87.3 Å². The van der Waals surface area contributed by atoms with Gasteiger partial charge in [0.2, 0.25) is 0 Å². The number of anilines is 1. The summed E-state index contributed by atoms with van der Waals surface area (Å²) < 4.78 is 1.63. The van der Waals surface area contributed by atoms with Crippen molar-refractivity contribution in [3.63, 3.8) is 0 Å². The molecule has 1 saturated heterocycles. The van der Waals surface area contributed by atoms with Crippen molar-refractivity contribution >= 4 is 23.2 Å². The number of hydrogen-bond donors (Lipinski definition) is 0. The predicted octanol–water partition coefficient (Wildman–Crippen LogP) is 3.33. The lowest BCUT2D eigenvalue weighted by Gasteiger charge is -2.36. The van der Waals surface area contributed by atoms with Gasteiger partial charge < -0.3 is 14.4 Å². The number of piperazine rings is 1. The number of carbonyl (C=O) groups excluding carboxylic acids is 3. The van der Waals surface area contributed by atoms with Crippen molar-refractivity contribution < 1.29 is 14.4 Å². The van der Waals surface area contributed by atoms with E-state index in [0.29, 0.717) is 24.9 Å². The average molecular weight is 539 g/mol. The number of carbonyl (C=O) groups is 3. The fourth-order valence-electron chi connectivity index (χ4n) is 6.21. The molecule has 8 heteroatoms. The number of rotatable bonds is 5. The van der Waals surface area contributed by atoms with E-state index in [4.69, 9.17) is 0 Å². The molecule has 1 aromatic heterocycles. The Bertz CT molecular complexity index is 1520. The molecule has 1 atom stereocenters. The highest BCUT2D eigenvalue weighted by Crippen LogP contribution is 2.32. The van der Waals surface area contributed by atoms with Crippen molar-refractivity contribution in [3.8, 4) is 11.1 Å². The van der Waals surface area contributed by atoms with Gasteiger partial charge in [0.15, 0.2) is 5.78 Å². The molecule has 3 heterocycles. The van der Waals surface area contributed by atoms with Crippen LogP contribution in [0, 0.1) is 6.92 Å². The highest BCUT2D eigenvalue weighted by atomic mass is 16.2. The zero-order chi connectivity index (χ0) is 28.0. The SMILES string of the molecule is Cc1cc(-c2ccc(CN3CCN(c4ccc5c(c4)C(=O)N(C4CCC(=O)CC4=O)C5)CC3)cc2)cn(C)c1=O. The third kappa shape index (κ3) is 4.99. The lowest BCUT2D eigenvalue weighted by atomic mass is 9.92. The summed E-state index contributed by atoms with van der Waals surface area (Å²) >= 11 is 0. The molecule has 1 amide bonds. The summed E-state index contributed by atoms with van der Waals surface area (Å²) in [6.45, 7) is 6.74. The van der Waals surface area contributed by atoms with Crippen molar-refractivity contribution in [2.24, 2.45) is 7.05 Å². The minimum absolute atomic E-state index is 0.0276. The van der Waals surface area contributed by atoms with E-state index >= 15 is 0 Å². The van der Waals surface area contributed by atoms with Gasteiger partial charge in [0.1, 0.15) is 5.78 Å². The van der Waals surface area contributed by atoms with Gasteiger partial charge in [0.05, 0.1) is 12.5 Å². The van der Waals surface area contributed by atoms with Crippen LogP contribution in [0.3, 0.4) is 0 Å². The quantitative estimate of drug-likeness (QED) is 0.464. The molecule has 0 N–H and O–H groups in total. The van der Waals surface area contributed by atoms with E-state index in [1.165, 1.54) is 5.56 Å². The van der Waals surface area contributed by atoms with Gasteiger partial charge in [-0.25, -0.2) is 0 Å². The van der Waals surface area contributed by atoms with E-state index in [0.717, 1.165) is 60.7 Å². The van der Waals surface area contributed by atoms with Gasteiger partial charge >= 0.3 is 0 Å². The molecule has 1 saturated carbocycles. The van der Waals surface area contributed by atoms with E-state index in [1.807, 2.05) is 31.3 Å². The smallest absolute Gasteiger partial charge is 0.255 e. The van der Waals surface area contributed by atoms with Gasteiger partial charge in [-0.1, -0.05) is 30.3 Å². The van der Waals surface area contributed by atoms with Crippen molar-refractivity contribution in [1.29, 1.82) is 0 Å². The molecule has 2 aliphatic heterocycles. The molecule has 3 aliphatic rings. The Morgan fingerprint density at radius 2 is 1.62 bits per heavy atom. The number of hydrogen-bond acceptors (Lipinski definition) is 6. The van der Waals surface area contributed by atoms with Crippen molar-refractivity contribution in [2.75, 3.05) is 31.1 Å². The predicted molar refractivity (Wildman–Crippen MR) is 153 cm³/mol. The molecule has 1 aliphatic carbocycles. The molecule has 0 spiro atoms. The Morgan fingerprint density at radius 1 is 0.875 bits per heavy atom. The summed E-state index contributed by atoms with van der Waals surface area (Å²) in [7, 11) is 1.78. The summed E-state index contributed by atoms with van der Waals surface area (Å²) in [5, 5.41) is 0. The van der Waals surface area contributed by atoms with E-state index in [1.54, 1.807) is 16.5 Å². The maximum Gasteiger partial charge on any atom is 0.255 e. The molecule has 206 valence electrons. The van der Waals surface area contributed by atoms with Crippen LogP contribution in [0.1, 0.15) is 46.3 Å². The molecule has 1 unspecified atom stereocenters. The molecule has 2 aromatic carbocycles. The number of amides is 1. The average Bonchev–Trinajstić information content (AvgIpc) is 3.27. The third-order valence-corrected chi connectivity index (χ3v) is 8.53. The summed E-state index contributed by atoms with van der Waals surface area (Å²) in [5.41, 5.74) is 6.82. The van der Waals surface area contributed by atoms with Crippen LogP contribution in [0.4, 0.5) is 5.69 Å². The number of benzene rings is 2. The van der Waals surface area contributed by atoms with Gasteiger partial charge in [0, 0.05) is 75.7 Å². The van der Waals surface area contributed by atoms with Crippen LogP contribution in [0.15, 0.2) is 59.5 Å². The first-order chi connectivity index (χ1) is 19.3. The fourth-order valence-corrected chi connectivity index (χ4v) is 6.21. The first kappa shape index (κ1) is 26.2. The molecular formula is C32H34N4O4. The van der Waals surface area contributed by atoms with Gasteiger partial charge in [-0.15, -0.1) is 0 Å². The number of pyridine rings is 1. The van der Waals surface area contributed by atoms with E-state index in [9.17, 15) is 19.2 Å². The molecular weight excluding hydrogens is 504 g/mol. The number of ketones is 2. The number of aromatic nitrogens is 1. The van der Waals surface area contributed by atoms with Gasteiger partial charge in [0.25, 0.3) is 11.5 Å². The van der Waals surface area contributed by atoms with Crippen LogP contribution in [0.25, 0.3) is 11.1 Å². The fraction of sp³-hybridized carbons (Fsp3) is 0.375. The van der Waals surface area contributed by atoms with Gasteiger partial charge in [-0.2, -0.15) is 0 Å². The molecule has 3 aromatic rings. The molecule has 40 heavy (non-hydrogen) atoms. The topological polar surface area (TPSA) is 82.9 Å². The zero-order valence-corrected chi connectivity index (χ0v) is 23.1. The number of aryl methyl sites for hydroxylation is 2. The summed E-state index contributed by atoms with van der Waals surface area (Å²) in [5.74, 6) is -0.259. The van der Waals surface area contributed by atoms with Crippen LogP contribution in [-0.4, -0.2) is 64.1 Å². The van der Waals surface area contributed by atoms with Crippen LogP contribution in [-0.2, 0) is 29.7 Å². The Kier molecular flexibility index (Phi) is 6.88. The standard InChI is InChI=1S/C32H34N4O4/c1-21-15-25(19-33(2)31(21)39)23-5-3-22(4-6-23)18-34-11-13-35(14-12-34)26-8-7-24-20-36(32(40)28(24)16-26)29-10-9-27(37)17-30(29)38/h3-8,15-16,19,29H,9-14,17-18,20H2,1-2H3. The van der Waals surface area contributed by atoms with Crippen molar-refractivity contribution in [1.82, 2.24) is 14.4 Å². The molecule has 8 nitrogen and oxygen atoms in total. The normalized spacial score (nSPS) is 19.9. The highest BCUT2D eigenvalue weighted by molar-refractivity contribution is 6.07. The van der Waals surface area contributed by atoms with Gasteiger partial charge in [-0.3, -0.25) is 24.1 Å². The van der Waals surface area contributed by atoms with Crippen molar-refractivity contribution in [2.45, 2.75) is 45.3 Å². The molecule has 0 radical (unpaired) electrons. The third-order valence-electron chi connectivity index (χ3n) is 8.53. The molecule has 2 fully saturated rings. The first-order valence-corrected chi connectivity index (χ1v) is 14.0. The van der Waals surface area contributed by atoms with Crippen LogP contribution < -0.4 is 10.5 Å². The number of fused-ring (bicyclic) bond motifs is 1. The van der Waals surface area contributed by atoms with Crippen LogP contribution >= 0.6 is 0 Å². The second-order valence-corrected chi connectivity index (χ2v) is 11.3. The molecule has 6 rings (SSSR count). The Morgan fingerprint density at radius 3 is 2.33 bits per heavy atom. The van der Waals surface area contributed by atoms with Gasteiger partial charge in [-0.05, 0) is 53.8 Å². The number of nitrogens with zero attached hydrogens (tertiary/aromatic N) is 4. The Hall–Kier alpha value is -4.04. The largest absolute Gasteiger partial charge is 0.369 e. The lowest BCUT2D eigenvalue weighted by Crippen LogP contribution is -2.46. The second-order valence-electron chi connectivity index (χ2n) is 11.3. The first-order valence-electron chi connectivity index (χ1n) is 14.0.